The fourth-order valence-corrected chi connectivity index (χ4v) is 3.65. The van der Waals surface area contributed by atoms with Crippen molar-refractivity contribution in [1.82, 2.24) is 0 Å². The SMILES string of the molecule is Cl.N[C@@H](c1ccccc1Sc1ccc(Cl)cc1)C1CCC1. The number of rotatable bonds is 4. The van der Waals surface area contributed by atoms with Crippen LogP contribution in [0.4, 0.5) is 0 Å². The molecule has 3 rings (SSSR count). The van der Waals surface area contributed by atoms with E-state index in [1.807, 2.05) is 12.1 Å². The molecule has 2 N–H and O–H groups in total. The Kier molecular flexibility index (Phi) is 6.00. The van der Waals surface area contributed by atoms with Crippen LogP contribution in [-0.4, -0.2) is 0 Å². The van der Waals surface area contributed by atoms with Gasteiger partial charge in [-0.3, -0.25) is 0 Å². The molecule has 0 aromatic heterocycles. The van der Waals surface area contributed by atoms with Crippen LogP contribution in [0.15, 0.2) is 58.3 Å². The molecule has 4 heteroatoms. The van der Waals surface area contributed by atoms with E-state index >= 15 is 0 Å². The Morgan fingerprint density at radius 2 is 1.71 bits per heavy atom. The summed E-state index contributed by atoms with van der Waals surface area (Å²) in [6.07, 6.45) is 3.85. The zero-order valence-electron chi connectivity index (χ0n) is 11.7. The van der Waals surface area contributed by atoms with E-state index in [2.05, 4.69) is 36.4 Å². The molecule has 0 bridgehead atoms. The largest absolute Gasteiger partial charge is 0.324 e. The van der Waals surface area contributed by atoms with Gasteiger partial charge in [0.05, 0.1) is 0 Å². The smallest absolute Gasteiger partial charge is 0.0406 e. The predicted molar refractivity (Wildman–Crippen MR) is 93.5 cm³/mol. The van der Waals surface area contributed by atoms with Gasteiger partial charge in [0.2, 0.25) is 0 Å². The van der Waals surface area contributed by atoms with Crippen LogP contribution < -0.4 is 5.73 Å². The van der Waals surface area contributed by atoms with Crippen LogP contribution in [0.3, 0.4) is 0 Å². The first-order chi connectivity index (χ1) is 9.74. The molecule has 0 saturated heterocycles. The summed E-state index contributed by atoms with van der Waals surface area (Å²) in [4.78, 5) is 2.46. The van der Waals surface area contributed by atoms with Gasteiger partial charge in [0.15, 0.2) is 0 Å². The van der Waals surface area contributed by atoms with Crippen molar-refractivity contribution in [3.63, 3.8) is 0 Å². The lowest BCUT2D eigenvalue weighted by atomic mass is 9.77. The van der Waals surface area contributed by atoms with Crippen molar-refractivity contribution >= 4 is 35.8 Å². The van der Waals surface area contributed by atoms with Crippen molar-refractivity contribution in [3.8, 4) is 0 Å². The minimum absolute atomic E-state index is 0. The van der Waals surface area contributed by atoms with E-state index in [1.54, 1.807) is 11.8 Å². The second-order valence-electron chi connectivity index (χ2n) is 5.31. The molecule has 0 radical (unpaired) electrons. The fourth-order valence-electron chi connectivity index (χ4n) is 2.53. The van der Waals surface area contributed by atoms with E-state index in [0.717, 1.165) is 5.02 Å². The minimum atomic E-state index is 0. The highest BCUT2D eigenvalue weighted by atomic mass is 35.5. The van der Waals surface area contributed by atoms with E-state index in [4.69, 9.17) is 17.3 Å². The molecule has 1 aliphatic rings. The Morgan fingerprint density at radius 3 is 2.33 bits per heavy atom. The van der Waals surface area contributed by atoms with Gasteiger partial charge < -0.3 is 5.73 Å². The summed E-state index contributed by atoms with van der Waals surface area (Å²) in [6, 6.07) is 16.6. The van der Waals surface area contributed by atoms with E-state index in [-0.39, 0.29) is 18.4 Å². The standard InChI is InChI=1S/C17H18ClNS.ClH/c18-13-8-10-14(11-9-13)20-16-7-2-1-6-15(16)17(19)12-4-3-5-12;/h1-2,6-12,17H,3-5,19H2;1H/t17-;/m1./s1. The highest BCUT2D eigenvalue weighted by Crippen LogP contribution is 2.40. The van der Waals surface area contributed by atoms with Crippen molar-refractivity contribution in [1.29, 1.82) is 0 Å². The average molecular weight is 340 g/mol. The number of hydrogen-bond donors (Lipinski definition) is 1. The molecule has 21 heavy (non-hydrogen) atoms. The molecule has 1 fully saturated rings. The topological polar surface area (TPSA) is 26.0 Å². The zero-order valence-corrected chi connectivity index (χ0v) is 14.1. The molecule has 2 aromatic carbocycles. The van der Waals surface area contributed by atoms with Gasteiger partial charge in [-0.05, 0) is 54.7 Å². The molecular weight excluding hydrogens is 321 g/mol. The predicted octanol–water partition coefficient (Wildman–Crippen LogP) is 5.71. The molecule has 112 valence electrons. The minimum Gasteiger partial charge on any atom is -0.324 e. The van der Waals surface area contributed by atoms with Gasteiger partial charge in [-0.2, -0.15) is 0 Å². The summed E-state index contributed by atoms with van der Waals surface area (Å²) in [5.74, 6) is 0.655. The van der Waals surface area contributed by atoms with Gasteiger partial charge in [0.25, 0.3) is 0 Å². The number of hydrogen-bond acceptors (Lipinski definition) is 2. The van der Waals surface area contributed by atoms with Crippen LogP contribution in [-0.2, 0) is 0 Å². The fraction of sp³-hybridized carbons (Fsp3) is 0.294. The lowest BCUT2D eigenvalue weighted by molar-refractivity contribution is 0.262. The van der Waals surface area contributed by atoms with Crippen LogP contribution in [0.2, 0.25) is 5.02 Å². The second kappa shape index (κ2) is 7.55. The second-order valence-corrected chi connectivity index (χ2v) is 6.86. The maximum atomic E-state index is 6.44. The van der Waals surface area contributed by atoms with Crippen molar-refractivity contribution in [2.45, 2.75) is 35.1 Å². The van der Waals surface area contributed by atoms with Gasteiger partial charge in [-0.1, -0.05) is 48.0 Å². The van der Waals surface area contributed by atoms with Crippen LogP contribution in [0.25, 0.3) is 0 Å². The first-order valence-corrected chi connectivity index (χ1v) is 8.21. The maximum absolute atomic E-state index is 6.44. The highest BCUT2D eigenvalue weighted by molar-refractivity contribution is 7.99. The molecule has 1 atom stereocenters. The molecule has 2 aromatic rings. The molecular formula is C17H19Cl2NS. The Bertz CT molecular complexity index is 582. The summed E-state index contributed by atoms with van der Waals surface area (Å²) in [5.41, 5.74) is 7.72. The molecule has 0 unspecified atom stereocenters. The summed E-state index contributed by atoms with van der Waals surface area (Å²) in [5, 5.41) is 0.772. The van der Waals surface area contributed by atoms with Gasteiger partial charge in [0.1, 0.15) is 0 Å². The van der Waals surface area contributed by atoms with Gasteiger partial charge in [-0.15, -0.1) is 12.4 Å². The van der Waals surface area contributed by atoms with E-state index in [0.29, 0.717) is 5.92 Å². The molecule has 0 heterocycles. The van der Waals surface area contributed by atoms with Crippen molar-refractivity contribution in [2.24, 2.45) is 11.7 Å². The molecule has 1 aliphatic carbocycles. The Labute approximate surface area is 141 Å². The van der Waals surface area contributed by atoms with E-state index in [9.17, 15) is 0 Å². The normalized spacial score (nSPS) is 15.9. The summed E-state index contributed by atoms with van der Waals surface area (Å²) in [7, 11) is 0. The molecule has 1 nitrogen and oxygen atoms in total. The lowest BCUT2D eigenvalue weighted by Crippen LogP contribution is -2.27. The molecule has 0 aliphatic heterocycles. The number of nitrogens with two attached hydrogens (primary N) is 1. The molecule has 0 spiro atoms. The maximum Gasteiger partial charge on any atom is 0.0406 e. The first kappa shape index (κ1) is 16.7. The lowest BCUT2D eigenvalue weighted by Gasteiger charge is -2.32. The van der Waals surface area contributed by atoms with Crippen molar-refractivity contribution < 1.29 is 0 Å². The zero-order chi connectivity index (χ0) is 13.9. The van der Waals surface area contributed by atoms with Crippen LogP contribution in [0.1, 0.15) is 30.9 Å². The Morgan fingerprint density at radius 1 is 1.05 bits per heavy atom. The molecule has 0 amide bonds. The Balaban J connectivity index is 0.00000161. The van der Waals surface area contributed by atoms with Crippen molar-refractivity contribution in [2.75, 3.05) is 0 Å². The average Bonchev–Trinajstić information content (AvgIpc) is 2.40. The highest BCUT2D eigenvalue weighted by Gasteiger charge is 2.26. The van der Waals surface area contributed by atoms with Crippen LogP contribution >= 0.6 is 35.8 Å². The van der Waals surface area contributed by atoms with E-state index in [1.165, 1.54) is 34.6 Å². The van der Waals surface area contributed by atoms with Crippen molar-refractivity contribution in [3.05, 3.63) is 59.1 Å². The van der Waals surface area contributed by atoms with Gasteiger partial charge >= 0.3 is 0 Å². The first-order valence-electron chi connectivity index (χ1n) is 7.02. The third kappa shape index (κ3) is 3.95. The van der Waals surface area contributed by atoms with Crippen LogP contribution in [0.5, 0.6) is 0 Å². The third-order valence-electron chi connectivity index (χ3n) is 3.98. The summed E-state index contributed by atoms with van der Waals surface area (Å²) in [6.45, 7) is 0. The molecule has 1 saturated carbocycles. The summed E-state index contributed by atoms with van der Waals surface area (Å²) >= 11 is 7.70. The third-order valence-corrected chi connectivity index (χ3v) is 5.33. The number of benzene rings is 2. The quantitative estimate of drug-likeness (QED) is 0.771. The van der Waals surface area contributed by atoms with Crippen LogP contribution in [0, 0.1) is 5.92 Å². The van der Waals surface area contributed by atoms with E-state index < -0.39 is 0 Å². The Hall–Kier alpha value is -0.670. The number of halogens is 2. The van der Waals surface area contributed by atoms with Gasteiger partial charge in [-0.25, -0.2) is 0 Å². The summed E-state index contributed by atoms with van der Waals surface area (Å²) < 4.78 is 0. The van der Waals surface area contributed by atoms with Gasteiger partial charge in [0, 0.05) is 20.9 Å². The monoisotopic (exact) mass is 339 g/mol.